The third-order valence-electron chi connectivity index (χ3n) is 5.86. The molecule has 3 heterocycles. The SMILES string of the molecule is CC(C)OCCN1CCC(NC(=O)CC2CC3CCC(C2)N3)CC1.Cl.Cl. The van der Waals surface area contributed by atoms with Gasteiger partial charge in [-0.1, -0.05) is 0 Å². The maximum Gasteiger partial charge on any atom is 0.220 e. The van der Waals surface area contributed by atoms with E-state index in [2.05, 4.69) is 29.4 Å². The number of amides is 1. The first kappa shape index (κ1) is 24.0. The van der Waals surface area contributed by atoms with Gasteiger partial charge in [0.15, 0.2) is 0 Å². The van der Waals surface area contributed by atoms with Crippen LogP contribution in [-0.2, 0) is 9.53 Å². The Kier molecular flexibility index (Phi) is 10.8. The number of hydrogen-bond acceptors (Lipinski definition) is 4. The largest absolute Gasteiger partial charge is 0.377 e. The van der Waals surface area contributed by atoms with Crippen LogP contribution in [0.5, 0.6) is 0 Å². The molecule has 26 heavy (non-hydrogen) atoms. The molecule has 1 amide bonds. The first-order valence-corrected chi connectivity index (χ1v) is 9.98. The van der Waals surface area contributed by atoms with Crippen LogP contribution in [0.25, 0.3) is 0 Å². The van der Waals surface area contributed by atoms with Crippen molar-refractivity contribution in [3.05, 3.63) is 0 Å². The molecule has 3 rings (SSSR count). The molecule has 0 aromatic heterocycles. The number of nitrogens with zero attached hydrogens (tertiary/aromatic N) is 1. The van der Waals surface area contributed by atoms with Crippen molar-refractivity contribution >= 4 is 30.7 Å². The molecule has 0 aromatic carbocycles. The van der Waals surface area contributed by atoms with E-state index in [4.69, 9.17) is 4.74 Å². The smallest absolute Gasteiger partial charge is 0.220 e. The summed E-state index contributed by atoms with van der Waals surface area (Å²) in [6.45, 7) is 8.13. The van der Waals surface area contributed by atoms with Crippen LogP contribution in [-0.4, -0.2) is 61.3 Å². The lowest BCUT2D eigenvalue weighted by Crippen LogP contribution is -2.46. The van der Waals surface area contributed by atoms with Gasteiger partial charge in [-0.25, -0.2) is 0 Å². The normalized spacial score (nSPS) is 29.1. The second kappa shape index (κ2) is 11.7. The third-order valence-corrected chi connectivity index (χ3v) is 5.86. The van der Waals surface area contributed by atoms with Crippen molar-refractivity contribution in [2.75, 3.05) is 26.2 Å². The number of fused-ring (bicyclic) bond motifs is 2. The van der Waals surface area contributed by atoms with E-state index in [9.17, 15) is 4.79 Å². The molecule has 0 aliphatic carbocycles. The van der Waals surface area contributed by atoms with E-state index >= 15 is 0 Å². The lowest BCUT2D eigenvalue weighted by atomic mass is 9.89. The molecule has 3 aliphatic rings. The number of hydrogen-bond donors (Lipinski definition) is 2. The summed E-state index contributed by atoms with van der Waals surface area (Å²) in [5.41, 5.74) is 0. The lowest BCUT2D eigenvalue weighted by Gasteiger charge is -2.33. The minimum absolute atomic E-state index is 0. The van der Waals surface area contributed by atoms with Gasteiger partial charge >= 0.3 is 0 Å². The van der Waals surface area contributed by atoms with Crippen molar-refractivity contribution in [1.29, 1.82) is 0 Å². The summed E-state index contributed by atoms with van der Waals surface area (Å²) in [5, 5.41) is 6.95. The molecule has 154 valence electrons. The van der Waals surface area contributed by atoms with Crippen molar-refractivity contribution in [3.63, 3.8) is 0 Å². The quantitative estimate of drug-likeness (QED) is 0.678. The maximum atomic E-state index is 12.4. The number of carbonyl (C=O) groups excluding carboxylic acids is 1. The second-order valence-corrected chi connectivity index (χ2v) is 8.28. The summed E-state index contributed by atoms with van der Waals surface area (Å²) in [6, 6.07) is 1.73. The van der Waals surface area contributed by atoms with Crippen LogP contribution in [0.3, 0.4) is 0 Å². The van der Waals surface area contributed by atoms with Gasteiger partial charge in [-0.2, -0.15) is 0 Å². The van der Waals surface area contributed by atoms with E-state index in [0.717, 1.165) is 45.5 Å². The van der Waals surface area contributed by atoms with Crippen molar-refractivity contribution < 1.29 is 9.53 Å². The topological polar surface area (TPSA) is 53.6 Å². The predicted octanol–water partition coefficient (Wildman–Crippen LogP) is 2.76. The Balaban J connectivity index is 0.00000169. The van der Waals surface area contributed by atoms with Gasteiger partial charge in [-0.15, -0.1) is 24.8 Å². The number of carbonyl (C=O) groups is 1. The second-order valence-electron chi connectivity index (χ2n) is 8.28. The van der Waals surface area contributed by atoms with Crippen LogP contribution in [0, 0.1) is 5.92 Å². The lowest BCUT2D eigenvalue weighted by molar-refractivity contribution is -0.123. The molecular weight excluding hydrogens is 373 g/mol. The number of halogens is 2. The average molecular weight is 410 g/mol. The molecule has 2 N–H and O–H groups in total. The van der Waals surface area contributed by atoms with Crippen LogP contribution in [0.2, 0.25) is 0 Å². The van der Waals surface area contributed by atoms with Crippen molar-refractivity contribution in [1.82, 2.24) is 15.5 Å². The highest BCUT2D eigenvalue weighted by atomic mass is 35.5. The molecule has 0 radical (unpaired) electrons. The van der Waals surface area contributed by atoms with Crippen LogP contribution < -0.4 is 10.6 Å². The zero-order valence-electron chi connectivity index (χ0n) is 16.2. The van der Waals surface area contributed by atoms with Crippen molar-refractivity contribution in [3.8, 4) is 0 Å². The minimum atomic E-state index is 0. The highest BCUT2D eigenvalue weighted by molar-refractivity contribution is 5.85. The third kappa shape index (κ3) is 7.51. The maximum absolute atomic E-state index is 12.4. The van der Waals surface area contributed by atoms with Crippen LogP contribution >= 0.6 is 24.8 Å². The molecule has 2 unspecified atom stereocenters. The summed E-state index contributed by atoms with van der Waals surface area (Å²) in [7, 11) is 0. The molecule has 5 nitrogen and oxygen atoms in total. The standard InChI is InChI=1S/C19H35N3O2.2ClH/c1-14(2)24-10-9-22-7-5-16(6-8-22)21-19(23)13-15-11-17-3-4-18(12-15)20-17;;/h14-18,20H,3-13H2,1-2H3,(H,21,23);2*1H. The molecule has 0 saturated carbocycles. The summed E-state index contributed by atoms with van der Waals surface area (Å²) in [4.78, 5) is 14.8. The minimum Gasteiger partial charge on any atom is -0.377 e. The average Bonchev–Trinajstić information content (AvgIpc) is 2.87. The summed E-state index contributed by atoms with van der Waals surface area (Å²) < 4.78 is 5.63. The molecule has 2 bridgehead atoms. The van der Waals surface area contributed by atoms with Crippen molar-refractivity contribution in [2.24, 2.45) is 5.92 Å². The Hall–Kier alpha value is -0.0700. The number of ether oxygens (including phenoxy) is 1. The Bertz CT molecular complexity index is 406. The fourth-order valence-corrected chi connectivity index (χ4v) is 4.61. The molecule has 3 aliphatic heterocycles. The first-order chi connectivity index (χ1) is 11.6. The van der Waals surface area contributed by atoms with Crippen molar-refractivity contribution in [2.45, 2.75) is 83.0 Å². The molecule has 0 spiro atoms. The highest BCUT2D eigenvalue weighted by Crippen LogP contribution is 2.32. The number of rotatable bonds is 7. The monoisotopic (exact) mass is 409 g/mol. The van der Waals surface area contributed by atoms with Gasteiger partial charge in [0.25, 0.3) is 0 Å². The number of piperidine rings is 2. The fourth-order valence-electron chi connectivity index (χ4n) is 4.61. The van der Waals surface area contributed by atoms with E-state index in [0.29, 0.717) is 30.1 Å². The molecule has 3 saturated heterocycles. The van der Waals surface area contributed by atoms with Crippen LogP contribution in [0.15, 0.2) is 0 Å². The summed E-state index contributed by atoms with van der Waals surface area (Å²) in [5.74, 6) is 0.875. The zero-order valence-corrected chi connectivity index (χ0v) is 17.9. The molecule has 0 aromatic rings. The Morgan fingerprint density at radius 2 is 1.73 bits per heavy atom. The zero-order chi connectivity index (χ0) is 16.9. The number of nitrogens with one attached hydrogen (secondary N) is 2. The molecule has 2 atom stereocenters. The fraction of sp³-hybridized carbons (Fsp3) is 0.947. The van der Waals surface area contributed by atoms with Gasteiger partial charge in [0.1, 0.15) is 0 Å². The predicted molar refractivity (Wildman–Crippen MR) is 110 cm³/mol. The first-order valence-electron chi connectivity index (χ1n) is 9.98. The molecule has 3 fully saturated rings. The van der Waals surface area contributed by atoms with Crippen LogP contribution in [0.1, 0.15) is 58.8 Å². The Morgan fingerprint density at radius 3 is 2.31 bits per heavy atom. The molecule has 7 heteroatoms. The highest BCUT2D eigenvalue weighted by Gasteiger charge is 2.34. The Labute approximate surface area is 171 Å². The van der Waals surface area contributed by atoms with Gasteiger partial charge in [-0.05, 0) is 58.3 Å². The Morgan fingerprint density at radius 1 is 1.12 bits per heavy atom. The van der Waals surface area contributed by atoms with E-state index in [-0.39, 0.29) is 30.7 Å². The summed E-state index contributed by atoms with van der Waals surface area (Å²) in [6.07, 6.45) is 8.19. The number of likely N-dealkylation sites (tertiary alicyclic amines) is 1. The summed E-state index contributed by atoms with van der Waals surface area (Å²) >= 11 is 0. The van der Waals surface area contributed by atoms with Gasteiger partial charge in [0.2, 0.25) is 5.91 Å². The van der Waals surface area contributed by atoms with E-state index in [1.54, 1.807) is 0 Å². The van der Waals surface area contributed by atoms with E-state index < -0.39 is 0 Å². The molecular formula is C19H37Cl2N3O2. The van der Waals surface area contributed by atoms with Crippen LogP contribution in [0.4, 0.5) is 0 Å². The van der Waals surface area contributed by atoms with E-state index in [1.807, 2.05) is 0 Å². The van der Waals surface area contributed by atoms with Gasteiger partial charge in [-0.3, -0.25) is 4.79 Å². The van der Waals surface area contributed by atoms with E-state index in [1.165, 1.54) is 25.7 Å². The van der Waals surface area contributed by atoms with Gasteiger partial charge in [0.05, 0.1) is 12.7 Å². The van der Waals surface area contributed by atoms with Gasteiger partial charge in [0, 0.05) is 44.2 Å². The van der Waals surface area contributed by atoms with Gasteiger partial charge < -0.3 is 20.3 Å².